The van der Waals surface area contributed by atoms with Gasteiger partial charge in [-0.25, -0.2) is 4.68 Å². The summed E-state index contributed by atoms with van der Waals surface area (Å²) in [5.41, 5.74) is 4.02. The second-order valence-corrected chi connectivity index (χ2v) is 3.89. The molecule has 0 unspecified atom stereocenters. The Morgan fingerprint density at radius 3 is 2.81 bits per heavy atom. The molecule has 0 fully saturated rings. The lowest BCUT2D eigenvalue weighted by molar-refractivity contribution is 0.111. The summed E-state index contributed by atoms with van der Waals surface area (Å²) in [7, 11) is 0. The SMILES string of the molecule is Cc1ccc(Cn2cc(C=O)nn2)c(C)c1. The van der Waals surface area contributed by atoms with Crippen LogP contribution < -0.4 is 0 Å². The zero-order valence-electron chi connectivity index (χ0n) is 9.34. The fourth-order valence-corrected chi connectivity index (χ4v) is 1.64. The molecular formula is C12H13N3O. The highest BCUT2D eigenvalue weighted by molar-refractivity contribution is 5.70. The van der Waals surface area contributed by atoms with Crippen LogP contribution in [0.25, 0.3) is 0 Å². The maximum Gasteiger partial charge on any atom is 0.171 e. The van der Waals surface area contributed by atoms with Crippen molar-refractivity contribution in [3.63, 3.8) is 0 Å². The van der Waals surface area contributed by atoms with Crippen molar-refractivity contribution in [2.45, 2.75) is 20.4 Å². The van der Waals surface area contributed by atoms with Crippen molar-refractivity contribution in [1.29, 1.82) is 0 Å². The lowest BCUT2D eigenvalue weighted by atomic mass is 10.1. The fourth-order valence-electron chi connectivity index (χ4n) is 1.64. The molecule has 0 bridgehead atoms. The van der Waals surface area contributed by atoms with Crippen LogP contribution in [0.15, 0.2) is 24.4 Å². The van der Waals surface area contributed by atoms with Crippen LogP contribution >= 0.6 is 0 Å². The Morgan fingerprint density at radius 2 is 2.19 bits per heavy atom. The Bertz CT molecular complexity index is 517. The number of benzene rings is 1. The number of hydrogen-bond donors (Lipinski definition) is 0. The van der Waals surface area contributed by atoms with Gasteiger partial charge in [0.1, 0.15) is 5.69 Å². The number of rotatable bonds is 3. The Labute approximate surface area is 93.9 Å². The van der Waals surface area contributed by atoms with Gasteiger partial charge < -0.3 is 0 Å². The van der Waals surface area contributed by atoms with E-state index in [1.54, 1.807) is 10.9 Å². The van der Waals surface area contributed by atoms with Crippen molar-refractivity contribution in [2.24, 2.45) is 0 Å². The van der Waals surface area contributed by atoms with Crippen LogP contribution in [-0.2, 0) is 6.54 Å². The van der Waals surface area contributed by atoms with E-state index in [9.17, 15) is 4.79 Å². The highest BCUT2D eigenvalue weighted by atomic mass is 16.1. The van der Waals surface area contributed by atoms with Gasteiger partial charge in [0.15, 0.2) is 6.29 Å². The summed E-state index contributed by atoms with van der Waals surface area (Å²) in [6.07, 6.45) is 2.35. The van der Waals surface area contributed by atoms with E-state index in [1.807, 2.05) is 0 Å². The molecule has 16 heavy (non-hydrogen) atoms. The van der Waals surface area contributed by atoms with Gasteiger partial charge in [0.25, 0.3) is 0 Å². The van der Waals surface area contributed by atoms with Crippen molar-refractivity contribution < 1.29 is 4.79 Å². The molecule has 82 valence electrons. The molecule has 4 heteroatoms. The average molecular weight is 215 g/mol. The molecule has 0 spiro atoms. The Morgan fingerprint density at radius 1 is 1.38 bits per heavy atom. The quantitative estimate of drug-likeness (QED) is 0.733. The number of hydrogen-bond acceptors (Lipinski definition) is 3. The molecule has 0 atom stereocenters. The molecule has 0 N–H and O–H groups in total. The third-order valence-corrected chi connectivity index (χ3v) is 2.51. The number of carbonyl (C=O) groups is 1. The minimum Gasteiger partial charge on any atom is -0.296 e. The summed E-state index contributed by atoms with van der Waals surface area (Å²) in [6, 6.07) is 6.28. The number of aldehydes is 1. The summed E-state index contributed by atoms with van der Waals surface area (Å²) in [4.78, 5) is 10.5. The number of nitrogens with zero attached hydrogens (tertiary/aromatic N) is 3. The van der Waals surface area contributed by atoms with Gasteiger partial charge in [-0.2, -0.15) is 0 Å². The molecule has 0 aliphatic heterocycles. The maximum absolute atomic E-state index is 10.5. The second kappa shape index (κ2) is 4.26. The predicted octanol–water partition coefficient (Wildman–Crippen LogP) is 1.76. The van der Waals surface area contributed by atoms with Crippen molar-refractivity contribution in [2.75, 3.05) is 0 Å². The van der Waals surface area contributed by atoms with Gasteiger partial charge in [-0.1, -0.05) is 29.0 Å². The van der Waals surface area contributed by atoms with Crippen LogP contribution in [0.1, 0.15) is 27.2 Å². The summed E-state index contributed by atoms with van der Waals surface area (Å²) < 4.78 is 1.67. The molecule has 1 aromatic carbocycles. The van der Waals surface area contributed by atoms with E-state index in [-0.39, 0.29) is 0 Å². The van der Waals surface area contributed by atoms with E-state index in [0.717, 1.165) is 0 Å². The molecule has 1 heterocycles. The van der Waals surface area contributed by atoms with Gasteiger partial charge in [0.05, 0.1) is 12.7 Å². The third kappa shape index (κ3) is 2.16. The van der Waals surface area contributed by atoms with Gasteiger partial charge in [0.2, 0.25) is 0 Å². The molecule has 0 saturated carbocycles. The molecule has 0 saturated heterocycles. The molecule has 0 radical (unpaired) electrons. The zero-order valence-corrected chi connectivity index (χ0v) is 9.34. The van der Waals surface area contributed by atoms with Gasteiger partial charge in [-0.15, -0.1) is 5.10 Å². The van der Waals surface area contributed by atoms with Crippen LogP contribution in [0.4, 0.5) is 0 Å². The van der Waals surface area contributed by atoms with Crippen LogP contribution in [0.3, 0.4) is 0 Å². The normalized spacial score (nSPS) is 10.4. The van der Waals surface area contributed by atoms with Crippen LogP contribution in [0, 0.1) is 13.8 Å². The minimum atomic E-state index is 0.366. The first kappa shape index (κ1) is 10.5. The monoisotopic (exact) mass is 215 g/mol. The van der Waals surface area contributed by atoms with Gasteiger partial charge >= 0.3 is 0 Å². The van der Waals surface area contributed by atoms with Crippen molar-refractivity contribution in [1.82, 2.24) is 15.0 Å². The number of aryl methyl sites for hydroxylation is 2. The zero-order chi connectivity index (χ0) is 11.5. The first-order chi connectivity index (χ1) is 7.69. The fraction of sp³-hybridized carbons (Fsp3) is 0.250. The Balaban J connectivity index is 2.23. The molecule has 1 aromatic heterocycles. The highest BCUT2D eigenvalue weighted by Crippen LogP contribution is 2.11. The highest BCUT2D eigenvalue weighted by Gasteiger charge is 2.02. The average Bonchev–Trinajstić information content (AvgIpc) is 2.70. The predicted molar refractivity (Wildman–Crippen MR) is 60.4 cm³/mol. The van der Waals surface area contributed by atoms with Crippen molar-refractivity contribution >= 4 is 6.29 Å². The topological polar surface area (TPSA) is 47.8 Å². The van der Waals surface area contributed by atoms with Gasteiger partial charge in [0, 0.05) is 0 Å². The Hall–Kier alpha value is -1.97. The van der Waals surface area contributed by atoms with E-state index < -0.39 is 0 Å². The smallest absolute Gasteiger partial charge is 0.171 e. The van der Waals surface area contributed by atoms with Crippen molar-refractivity contribution in [3.8, 4) is 0 Å². The standard InChI is InChI=1S/C12H13N3O/c1-9-3-4-11(10(2)5-9)6-15-7-12(8-16)13-14-15/h3-5,7-8H,6H2,1-2H3. The second-order valence-electron chi connectivity index (χ2n) is 3.89. The lowest BCUT2D eigenvalue weighted by Gasteiger charge is -2.06. The lowest BCUT2D eigenvalue weighted by Crippen LogP contribution is -2.02. The van der Waals surface area contributed by atoms with E-state index >= 15 is 0 Å². The Kier molecular flexibility index (Phi) is 2.81. The van der Waals surface area contributed by atoms with E-state index in [2.05, 4.69) is 42.4 Å². The third-order valence-electron chi connectivity index (χ3n) is 2.51. The molecular weight excluding hydrogens is 202 g/mol. The van der Waals surface area contributed by atoms with Crippen LogP contribution in [0.2, 0.25) is 0 Å². The number of carbonyl (C=O) groups excluding carboxylic acids is 1. The molecule has 0 aliphatic rings. The minimum absolute atomic E-state index is 0.366. The van der Waals surface area contributed by atoms with E-state index in [0.29, 0.717) is 18.5 Å². The summed E-state index contributed by atoms with van der Waals surface area (Å²) in [5, 5.41) is 7.60. The molecule has 2 rings (SSSR count). The largest absolute Gasteiger partial charge is 0.296 e. The number of aromatic nitrogens is 3. The first-order valence-corrected chi connectivity index (χ1v) is 5.10. The first-order valence-electron chi connectivity index (χ1n) is 5.10. The van der Waals surface area contributed by atoms with Crippen LogP contribution in [-0.4, -0.2) is 21.3 Å². The van der Waals surface area contributed by atoms with Crippen molar-refractivity contribution in [3.05, 3.63) is 46.8 Å². The summed E-state index contributed by atoms with van der Waals surface area (Å²) in [6.45, 7) is 4.78. The van der Waals surface area contributed by atoms with Crippen LogP contribution in [0.5, 0.6) is 0 Å². The van der Waals surface area contributed by atoms with Gasteiger partial charge in [-0.3, -0.25) is 4.79 Å². The molecule has 4 nitrogen and oxygen atoms in total. The van der Waals surface area contributed by atoms with E-state index in [1.165, 1.54) is 16.7 Å². The van der Waals surface area contributed by atoms with Gasteiger partial charge in [-0.05, 0) is 25.0 Å². The maximum atomic E-state index is 10.5. The summed E-state index contributed by atoms with van der Waals surface area (Å²) in [5.74, 6) is 0. The molecule has 2 aromatic rings. The molecule has 0 aliphatic carbocycles. The summed E-state index contributed by atoms with van der Waals surface area (Å²) >= 11 is 0. The molecule has 0 amide bonds. The van der Waals surface area contributed by atoms with E-state index in [4.69, 9.17) is 0 Å².